The van der Waals surface area contributed by atoms with Crippen molar-refractivity contribution in [2.24, 2.45) is 0 Å². The summed E-state index contributed by atoms with van der Waals surface area (Å²) in [7, 11) is 0. The molecule has 1 aromatic rings. The van der Waals surface area contributed by atoms with Crippen molar-refractivity contribution in [2.45, 2.75) is 64.1 Å². The van der Waals surface area contributed by atoms with Gasteiger partial charge in [0.2, 0.25) is 0 Å². The Morgan fingerprint density at radius 1 is 1.12 bits per heavy atom. The highest BCUT2D eigenvalue weighted by atomic mass is 35.5. The molecule has 0 aliphatic carbocycles. The minimum Gasteiger partial charge on any atom is -0.444 e. The van der Waals surface area contributed by atoms with Crippen LogP contribution in [0.25, 0.3) is 0 Å². The Labute approximate surface area is 149 Å². The summed E-state index contributed by atoms with van der Waals surface area (Å²) in [6, 6.07) is 7.65. The van der Waals surface area contributed by atoms with E-state index in [2.05, 4.69) is 0 Å². The molecule has 1 aliphatic rings. The number of amides is 1. The standard InChI is InChI=1S/C19H28ClNO3/c1-17(2,3)24-16(22)21-12-10-19(11-13-21,18(4,5)23)14-6-8-15(20)9-7-14/h6-9,23H,10-13H2,1-5H3. The quantitative estimate of drug-likeness (QED) is 0.858. The summed E-state index contributed by atoms with van der Waals surface area (Å²) in [4.78, 5) is 14.0. The summed E-state index contributed by atoms with van der Waals surface area (Å²) in [5.41, 5.74) is -0.752. The van der Waals surface area contributed by atoms with Crippen LogP contribution in [0.5, 0.6) is 0 Å². The molecule has 0 atom stereocenters. The van der Waals surface area contributed by atoms with Gasteiger partial charge >= 0.3 is 6.09 Å². The maximum absolute atomic E-state index is 12.3. The Morgan fingerprint density at radius 3 is 2.04 bits per heavy atom. The van der Waals surface area contributed by atoms with Crippen LogP contribution in [0, 0.1) is 0 Å². The Morgan fingerprint density at radius 2 is 1.62 bits per heavy atom. The molecule has 2 rings (SSSR count). The van der Waals surface area contributed by atoms with E-state index in [1.807, 2.05) is 58.9 Å². The van der Waals surface area contributed by atoms with E-state index in [9.17, 15) is 9.90 Å². The second kappa shape index (κ2) is 6.57. The molecular weight excluding hydrogens is 326 g/mol. The maximum atomic E-state index is 12.3. The second-order valence-corrected chi connectivity index (χ2v) is 8.55. The van der Waals surface area contributed by atoms with E-state index in [0.717, 1.165) is 5.56 Å². The van der Waals surface area contributed by atoms with Crippen molar-refractivity contribution in [2.75, 3.05) is 13.1 Å². The smallest absolute Gasteiger partial charge is 0.410 e. The molecule has 1 saturated heterocycles. The summed E-state index contributed by atoms with van der Waals surface area (Å²) >= 11 is 6.00. The Kier molecular flexibility index (Phi) is 5.22. The van der Waals surface area contributed by atoms with E-state index in [1.165, 1.54) is 0 Å². The van der Waals surface area contributed by atoms with E-state index in [4.69, 9.17) is 16.3 Å². The number of likely N-dealkylation sites (tertiary alicyclic amines) is 1. The number of aliphatic hydroxyl groups is 1. The minimum absolute atomic E-state index is 0.289. The van der Waals surface area contributed by atoms with Crippen LogP contribution in [0.4, 0.5) is 4.79 Å². The van der Waals surface area contributed by atoms with Gasteiger partial charge in [-0.2, -0.15) is 0 Å². The molecule has 1 N–H and O–H groups in total. The first-order chi connectivity index (χ1) is 10.9. The van der Waals surface area contributed by atoms with Gasteiger partial charge < -0.3 is 14.7 Å². The average molecular weight is 354 g/mol. The van der Waals surface area contributed by atoms with Gasteiger partial charge in [0.15, 0.2) is 0 Å². The molecular formula is C19H28ClNO3. The van der Waals surface area contributed by atoms with Crippen molar-refractivity contribution in [3.8, 4) is 0 Å². The highest BCUT2D eigenvalue weighted by Crippen LogP contribution is 2.44. The first kappa shape index (κ1) is 19.1. The largest absolute Gasteiger partial charge is 0.444 e. The predicted octanol–water partition coefficient (Wildman–Crippen LogP) is 4.38. The molecule has 1 fully saturated rings. The van der Waals surface area contributed by atoms with E-state index in [0.29, 0.717) is 31.0 Å². The van der Waals surface area contributed by atoms with Crippen molar-refractivity contribution >= 4 is 17.7 Å². The number of carbonyl (C=O) groups excluding carboxylic acids is 1. The molecule has 134 valence electrons. The predicted molar refractivity (Wildman–Crippen MR) is 96.5 cm³/mol. The molecule has 4 nitrogen and oxygen atoms in total. The van der Waals surface area contributed by atoms with Crippen molar-refractivity contribution in [3.05, 3.63) is 34.9 Å². The molecule has 1 aliphatic heterocycles. The molecule has 24 heavy (non-hydrogen) atoms. The zero-order valence-corrected chi connectivity index (χ0v) is 16.0. The molecule has 0 saturated carbocycles. The Balaban J connectivity index is 2.20. The topological polar surface area (TPSA) is 49.8 Å². The van der Waals surface area contributed by atoms with Crippen molar-refractivity contribution < 1.29 is 14.6 Å². The van der Waals surface area contributed by atoms with Crippen LogP contribution in [-0.4, -0.2) is 40.4 Å². The molecule has 0 spiro atoms. The summed E-state index contributed by atoms with van der Waals surface area (Å²) in [6.45, 7) is 10.4. The number of ether oxygens (including phenoxy) is 1. The first-order valence-electron chi connectivity index (χ1n) is 8.41. The van der Waals surface area contributed by atoms with Gasteiger partial charge in [-0.1, -0.05) is 23.7 Å². The third-order valence-electron chi connectivity index (χ3n) is 4.84. The molecule has 1 amide bonds. The van der Waals surface area contributed by atoms with Crippen molar-refractivity contribution in [3.63, 3.8) is 0 Å². The van der Waals surface area contributed by atoms with Gasteiger partial charge in [-0.15, -0.1) is 0 Å². The first-order valence-corrected chi connectivity index (χ1v) is 8.79. The number of rotatable bonds is 2. The monoisotopic (exact) mass is 353 g/mol. The normalized spacial score (nSPS) is 18.4. The lowest BCUT2D eigenvalue weighted by Gasteiger charge is -2.49. The fourth-order valence-corrected chi connectivity index (χ4v) is 3.55. The van der Waals surface area contributed by atoms with Crippen LogP contribution in [0.1, 0.15) is 53.0 Å². The van der Waals surface area contributed by atoms with Crippen molar-refractivity contribution in [1.29, 1.82) is 0 Å². The third-order valence-corrected chi connectivity index (χ3v) is 5.09. The fraction of sp³-hybridized carbons (Fsp3) is 0.632. The van der Waals surface area contributed by atoms with Gasteiger partial charge in [0.1, 0.15) is 5.60 Å². The number of piperidine rings is 1. The highest BCUT2D eigenvalue weighted by molar-refractivity contribution is 6.30. The number of halogens is 1. The lowest BCUT2D eigenvalue weighted by atomic mass is 9.63. The van der Waals surface area contributed by atoms with Crippen LogP contribution in [0.2, 0.25) is 5.02 Å². The van der Waals surface area contributed by atoms with Gasteiger partial charge in [-0.05, 0) is 65.2 Å². The number of hydrogen-bond donors (Lipinski definition) is 1. The zero-order valence-electron chi connectivity index (χ0n) is 15.2. The average Bonchev–Trinajstić information content (AvgIpc) is 2.45. The minimum atomic E-state index is -0.902. The number of hydrogen-bond acceptors (Lipinski definition) is 3. The van der Waals surface area contributed by atoms with Gasteiger partial charge in [-0.25, -0.2) is 4.79 Å². The lowest BCUT2D eigenvalue weighted by Crippen LogP contribution is -2.55. The van der Waals surface area contributed by atoms with Crippen LogP contribution >= 0.6 is 11.6 Å². The molecule has 0 radical (unpaired) electrons. The molecule has 0 bridgehead atoms. The van der Waals surface area contributed by atoms with Crippen LogP contribution in [-0.2, 0) is 10.2 Å². The molecule has 5 heteroatoms. The van der Waals surface area contributed by atoms with Gasteiger partial charge in [0.25, 0.3) is 0 Å². The van der Waals surface area contributed by atoms with Crippen LogP contribution in [0.3, 0.4) is 0 Å². The van der Waals surface area contributed by atoms with Crippen molar-refractivity contribution in [1.82, 2.24) is 4.90 Å². The van der Waals surface area contributed by atoms with Gasteiger partial charge in [0, 0.05) is 23.5 Å². The molecule has 0 unspecified atom stereocenters. The van der Waals surface area contributed by atoms with Gasteiger partial charge in [0.05, 0.1) is 5.60 Å². The zero-order chi connectivity index (χ0) is 18.2. The van der Waals surface area contributed by atoms with Crippen LogP contribution in [0.15, 0.2) is 24.3 Å². The summed E-state index contributed by atoms with van der Waals surface area (Å²) in [5.74, 6) is 0. The van der Waals surface area contributed by atoms with E-state index in [-0.39, 0.29) is 6.09 Å². The second-order valence-electron chi connectivity index (χ2n) is 8.12. The van der Waals surface area contributed by atoms with Gasteiger partial charge in [-0.3, -0.25) is 0 Å². The summed E-state index contributed by atoms with van der Waals surface area (Å²) in [5, 5.41) is 11.5. The molecule has 1 aromatic carbocycles. The van der Waals surface area contributed by atoms with E-state index >= 15 is 0 Å². The summed E-state index contributed by atoms with van der Waals surface area (Å²) < 4.78 is 5.46. The Hall–Kier alpha value is -1.26. The lowest BCUT2D eigenvalue weighted by molar-refractivity contribution is -0.0442. The number of nitrogens with zero attached hydrogens (tertiary/aromatic N) is 1. The number of benzene rings is 1. The SMILES string of the molecule is CC(C)(C)OC(=O)N1CCC(c2ccc(Cl)cc2)(C(C)(C)O)CC1. The Bertz CT molecular complexity index is 576. The van der Waals surface area contributed by atoms with E-state index < -0.39 is 16.6 Å². The summed E-state index contributed by atoms with van der Waals surface area (Å²) in [6.07, 6.45) is 1.07. The maximum Gasteiger partial charge on any atom is 0.410 e. The highest BCUT2D eigenvalue weighted by Gasteiger charge is 2.48. The third kappa shape index (κ3) is 4.04. The van der Waals surface area contributed by atoms with E-state index in [1.54, 1.807) is 4.90 Å². The van der Waals surface area contributed by atoms with Crippen LogP contribution < -0.4 is 0 Å². The molecule has 0 aromatic heterocycles. The molecule has 1 heterocycles. The fourth-order valence-electron chi connectivity index (χ4n) is 3.42. The number of carbonyl (C=O) groups is 1.